The molecule has 6 heteroatoms. The SMILES string of the molecule is Cc1ccc(/C=C2\NC(=S)N(c3ccc(Cl)cc3C)C2=O)o1. The van der Waals surface area contributed by atoms with Crippen LogP contribution in [0.4, 0.5) is 5.69 Å². The van der Waals surface area contributed by atoms with Crippen LogP contribution in [0.1, 0.15) is 17.1 Å². The predicted octanol–water partition coefficient (Wildman–Crippen LogP) is 3.81. The number of nitrogens with one attached hydrogen (secondary N) is 1. The summed E-state index contributed by atoms with van der Waals surface area (Å²) in [6.45, 7) is 3.73. The molecule has 3 rings (SSSR count). The van der Waals surface area contributed by atoms with Crippen molar-refractivity contribution in [1.82, 2.24) is 5.32 Å². The minimum absolute atomic E-state index is 0.218. The molecule has 2 aromatic rings. The van der Waals surface area contributed by atoms with E-state index in [2.05, 4.69) is 5.32 Å². The average Bonchev–Trinajstić information content (AvgIpc) is 2.96. The molecule has 1 fully saturated rings. The second-order valence-corrected chi connectivity index (χ2v) is 5.83. The summed E-state index contributed by atoms with van der Waals surface area (Å²) >= 11 is 11.2. The van der Waals surface area contributed by atoms with Gasteiger partial charge in [0.25, 0.3) is 5.91 Å². The van der Waals surface area contributed by atoms with Crippen LogP contribution in [-0.4, -0.2) is 11.0 Å². The Kier molecular flexibility index (Phi) is 3.76. The topological polar surface area (TPSA) is 45.5 Å². The number of hydrogen-bond acceptors (Lipinski definition) is 3. The van der Waals surface area contributed by atoms with Crippen molar-refractivity contribution < 1.29 is 9.21 Å². The van der Waals surface area contributed by atoms with Crippen LogP contribution in [-0.2, 0) is 4.79 Å². The van der Waals surface area contributed by atoms with Gasteiger partial charge >= 0.3 is 0 Å². The molecule has 0 spiro atoms. The van der Waals surface area contributed by atoms with Crippen LogP contribution < -0.4 is 10.2 Å². The standard InChI is InChI=1S/C16H13ClN2O2S/c1-9-7-11(17)4-6-14(9)19-15(20)13(18-16(19)22)8-12-5-3-10(2)21-12/h3-8H,1-2H3,(H,18,22)/b13-8-. The number of thiocarbonyl (C=S) groups is 1. The Morgan fingerprint density at radius 3 is 2.68 bits per heavy atom. The second kappa shape index (κ2) is 5.59. The molecule has 0 radical (unpaired) electrons. The van der Waals surface area contributed by atoms with Crippen LogP contribution in [0.25, 0.3) is 6.08 Å². The van der Waals surface area contributed by atoms with Gasteiger partial charge in [0.2, 0.25) is 0 Å². The molecule has 0 atom stereocenters. The molecular weight excluding hydrogens is 320 g/mol. The highest BCUT2D eigenvalue weighted by atomic mass is 35.5. The summed E-state index contributed by atoms with van der Waals surface area (Å²) in [5, 5.41) is 3.88. The Labute approximate surface area is 138 Å². The van der Waals surface area contributed by atoms with Gasteiger partial charge in [-0.1, -0.05) is 11.6 Å². The van der Waals surface area contributed by atoms with Gasteiger partial charge in [0, 0.05) is 11.1 Å². The van der Waals surface area contributed by atoms with Crippen molar-refractivity contribution in [2.24, 2.45) is 0 Å². The second-order valence-electron chi connectivity index (χ2n) is 5.01. The van der Waals surface area contributed by atoms with E-state index in [1.807, 2.05) is 19.9 Å². The molecule has 1 aromatic carbocycles. The molecule has 112 valence electrons. The lowest BCUT2D eigenvalue weighted by Crippen LogP contribution is -2.30. The molecule has 1 aliphatic heterocycles. The summed E-state index contributed by atoms with van der Waals surface area (Å²) < 4.78 is 5.46. The first-order chi connectivity index (χ1) is 10.5. The third kappa shape index (κ3) is 2.65. The van der Waals surface area contributed by atoms with Crippen LogP contribution in [0, 0.1) is 13.8 Å². The highest BCUT2D eigenvalue weighted by Crippen LogP contribution is 2.28. The monoisotopic (exact) mass is 332 g/mol. The smallest absolute Gasteiger partial charge is 0.281 e. The Hall–Kier alpha value is -2.11. The molecule has 0 unspecified atom stereocenters. The van der Waals surface area contributed by atoms with Gasteiger partial charge < -0.3 is 9.73 Å². The number of aryl methyl sites for hydroxylation is 2. The third-order valence-corrected chi connectivity index (χ3v) is 3.85. The lowest BCUT2D eigenvalue weighted by atomic mass is 10.2. The lowest BCUT2D eigenvalue weighted by Gasteiger charge is -2.16. The van der Waals surface area contributed by atoms with Crippen molar-refractivity contribution in [2.45, 2.75) is 13.8 Å². The van der Waals surface area contributed by atoms with Gasteiger partial charge in [0.15, 0.2) is 5.11 Å². The molecule has 4 nitrogen and oxygen atoms in total. The van der Waals surface area contributed by atoms with Crippen LogP contribution >= 0.6 is 23.8 Å². The molecule has 0 bridgehead atoms. The molecular formula is C16H13ClN2O2S. The first kappa shape index (κ1) is 14.8. The van der Waals surface area contributed by atoms with Gasteiger partial charge in [-0.15, -0.1) is 0 Å². The number of carbonyl (C=O) groups excluding carboxylic acids is 1. The van der Waals surface area contributed by atoms with Gasteiger partial charge in [-0.2, -0.15) is 0 Å². The molecule has 0 aliphatic carbocycles. The average molecular weight is 333 g/mol. The minimum Gasteiger partial charge on any atom is -0.462 e. The fourth-order valence-corrected chi connectivity index (χ4v) is 2.81. The van der Waals surface area contributed by atoms with Crippen LogP contribution in [0.3, 0.4) is 0 Å². The minimum atomic E-state index is -0.218. The van der Waals surface area contributed by atoms with Crippen molar-refractivity contribution in [3.05, 3.63) is 58.1 Å². The summed E-state index contributed by atoms with van der Waals surface area (Å²) in [4.78, 5) is 14.1. The number of nitrogens with zero attached hydrogens (tertiary/aromatic N) is 1. The largest absolute Gasteiger partial charge is 0.462 e. The predicted molar refractivity (Wildman–Crippen MR) is 90.8 cm³/mol. The van der Waals surface area contributed by atoms with Crippen molar-refractivity contribution in [1.29, 1.82) is 0 Å². The van der Waals surface area contributed by atoms with Gasteiger partial charge in [0.05, 0.1) is 5.69 Å². The van der Waals surface area contributed by atoms with Gasteiger partial charge in [-0.05, 0) is 62.0 Å². The van der Waals surface area contributed by atoms with E-state index >= 15 is 0 Å². The molecule has 0 saturated carbocycles. The van der Waals surface area contributed by atoms with Crippen molar-refractivity contribution in [2.75, 3.05) is 4.90 Å². The third-order valence-electron chi connectivity index (χ3n) is 3.33. The zero-order valence-electron chi connectivity index (χ0n) is 12.0. The zero-order chi connectivity index (χ0) is 15.9. The molecule has 1 amide bonds. The Morgan fingerprint density at radius 1 is 1.27 bits per heavy atom. The summed E-state index contributed by atoms with van der Waals surface area (Å²) in [7, 11) is 0. The first-order valence-corrected chi connectivity index (χ1v) is 7.44. The van der Waals surface area contributed by atoms with Gasteiger partial charge in [-0.3, -0.25) is 9.69 Å². The lowest BCUT2D eigenvalue weighted by molar-refractivity contribution is -0.113. The highest BCUT2D eigenvalue weighted by molar-refractivity contribution is 7.80. The summed E-state index contributed by atoms with van der Waals surface area (Å²) in [6.07, 6.45) is 1.65. The van der Waals surface area contributed by atoms with Gasteiger partial charge in [-0.25, -0.2) is 0 Å². The number of furan rings is 1. The van der Waals surface area contributed by atoms with Crippen molar-refractivity contribution >= 4 is 46.6 Å². The zero-order valence-corrected chi connectivity index (χ0v) is 13.6. The van der Waals surface area contributed by atoms with E-state index in [0.29, 0.717) is 27.3 Å². The van der Waals surface area contributed by atoms with Gasteiger partial charge in [0.1, 0.15) is 17.2 Å². The van der Waals surface area contributed by atoms with Crippen LogP contribution in [0.15, 0.2) is 40.4 Å². The highest BCUT2D eigenvalue weighted by Gasteiger charge is 2.33. The maximum atomic E-state index is 12.6. The molecule has 1 aromatic heterocycles. The maximum Gasteiger partial charge on any atom is 0.281 e. The maximum absolute atomic E-state index is 12.6. The van der Waals surface area contributed by atoms with E-state index in [-0.39, 0.29) is 5.91 Å². The number of benzene rings is 1. The number of anilines is 1. The van der Waals surface area contributed by atoms with E-state index < -0.39 is 0 Å². The Balaban J connectivity index is 1.96. The fourth-order valence-electron chi connectivity index (χ4n) is 2.30. The fraction of sp³-hybridized carbons (Fsp3) is 0.125. The molecule has 22 heavy (non-hydrogen) atoms. The van der Waals surface area contributed by atoms with Crippen LogP contribution in [0.2, 0.25) is 5.02 Å². The summed E-state index contributed by atoms with van der Waals surface area (Å²) in [5.41, 5.74) is 1.97. The summed E-state index contributed by atoms with van der Waals surface area (Å²) in [5.74, 6) is 1.17. The molecule has 1 saturated heterocycles. The number of hydrogen-bond donors (Lipinski definition) is 1. The Morgan fingerprint density at radius 2 is 2.05 bits per heavy atom. The van der Waals surface area contributed by atoms with E-state index in [1.54, 1.807) is 30.3 Å². The van der Waals surface area contributed by atoms with Crippen molar-refractivity contribution in [3.63, 3.8) is 0 Å². The molecule has 2 heterocycles. The van der Waals surface area contributed by atoms with E-state index in [1.165, 1.54) is 4.90 Å². The Bertz CT molecular complexity index is 810. The van der Waals surface area contributed by atoms with Crippen LogP contribution in [0.5, 0.6) is 0 Å². The van der Waals surface area contributed by atoms with E-state index in [0.717, 1.165) is 11.3 Å². The number of amides is 1. The number of halogens is 1. The number of rotatable bonds is 2. The summed E-state index contributed by atoms with van der Waals surface area (Å²) in [6, 6.07) is 8.95. The molecule has 1 N–H and O–H groups in total. The van der Waals surface area contributed by atoms with Crippen molar-refractivity contribution in [3.8, 4) is 0 Å². The normalized spacial score (nSPS) is 16.5. The first-order valence-electron chi connectivity index (χ1n) is 6.65. The van der Waals surface area contributed by atoms with E-state index in [9.17, 15) is 4.79 Å². The molecule has 1 aliphatic rings. The number of carbonyl (C=O) groups is 1. The van der Waals surface area contributed by atoms with E-state index in [4.69, 9.17) is 28.2 Å². The quantitative estimate of drug-likeness (QED) is 0.671.